The summed E-state index contributed by atoms with van der Waals surface area (Å²) < 4.78 is 28.4. The largest absolute Gasteiger partial charge is 0.494 e. The average molecular weight is 806 g/mol. The number of amides is 1. The molecule has 11 nitrogen and oxygen atoms in total. The van der Waals surface area contributed by atoms with Gasteiger partial charge >= 0.3 is 11.9 Å². The van der Waals surface area contributed by atoms with Crippen LogP contribution in [0.4, 0.5) is 11.4 Å². The summed E-state index contributed by atoms with van der Waals surface area (Å²) in [5, 5.41) is 0.610. The van der Waals surface area contributed by atoms with Gasteiger partial charge in [0.05, 0.1) is 52.1 Å². The van der Waals surface area contributed by atoms with Crippen LogP contribution in [0.25, 0.3) is 0 Å². The number of carbonyl (C=O) groups is 3. The standard InChI is InChI=1S/C45H60ClN3O8/c1-29(2)56-40-26-36-32(23-39(40)54-8)24-41(50)49(44(36)31-14-16-33(46)17-15-31)37-21-20-35(25-38(37)53-7)47(6)27-30-12-18-34(19-13-30)48(28-43(52)55-9)22-10-11-42(51)57-45(3,4)5/h14-17,20-21,23,25-26,29-30,34,44H,10-13,18-19,22,24,27-28H2,1-9H3/t30?,34?,44-/m0/s1. The van der Waals surface area contributed by atoms with Gasteiger partial charge in [0.2, 0.25) is 5.91 Å². The molecule has 310 valence electrons. The van der Waals surface area contributed by atoms with Crippen LogP contribution in [-0.4, -0.2) is 88.5 Å². The lowest BCUT2D eigenvalue weighted by Crippen LogP contribution is -2.43. The van der Waals surface area contributed by atoms with Gasteiger partial charge in [-0.15, -0.1) is 0 Å². The lowest BCUT2D eigenvalue weighted by atomic mass is 9.84. The van der Waals surface area contributed by atoms with Gasteiger partial charge in [0.15, 0.2) is 11.5 Å². The van der Waals surface area contributed by atoms with E-state index in [0.717, 1.165) is 54.6 Å². The molecule has 1 amide bonds. The fraction of sp³-hybridized carbons (Fsp3) is 0.533. The maximum atomic E-state index is 14.2. The average Bonchev–Trinajstić information content (AvgIpc) is 3.16. The first-order chi connectivity index (χ1) is 27.1. The van der Waals surface area contributed by atoms with Gasteiger partial charge in [0, 0.05) is 42.8 Å². The molecule has 1 atom stereocenters. The number of hydrogen-bond donors (Lipinski definition) is 0. The Balaban J connectivity index is 1.32. The van der Waals surface area contributed by atoms with Crippen molar-refractivity contribution in [1.29, 1.82) is 0 Å². The summed E-state index contributed by atoms with van der Waals surface area (Å²) in [4.78, 5) is 45.1. The molecule has 0 saturated heterocycles. The highest BCUT2D eigenvalue weighted by atomic mass is 35.5. The Morgan fingerprint density at radius 3 is 2.19 bits per heavy atom. The lowest BCUT2D eigenvalue weighted by molar-refractivity contribution is -0.155. The second-order valence-electron chi connectivity index (χ2n) is 16.4. The van der Waals surface area contributed by atoms with E-state index in [4.69, 9.17) is 35.3 Å². The van der Waals surface area contributed by atoms with Gasteiger partial charge in [-0.25, -0.2) is 0 Å². The van der Waals surface area contributed by atoms with Crippen molar-refractivity contribution >= 4 is 40.8 Å². The normalized spacial score (nSPS) is 18.3. The van der Waals surface area contributed by atoms with Crippen molar-refractivity contribution in [3.63, 3.8) is 0 Å². The first-order valence-corrected chi connectivity index (χ1v) is 20.3. The molecule has 5 rings (SSSR count). The number of benzene rings is 3. The van der Waals surface area contributed by atoms with Crippen LogP contribution >= 0.6 is 11.6 Å². The van der Waals surface area contributed by atoms with E-state index >= 15 is 0 Å². The number of anilines is 2. The molecular formula is C45H60ClN3O8. The molecule has 0 bridgehead atoms. The lowest BCUT2D eigenvalue weighted by Gasteiger charge is -2.39. The van der Waals surface area contributed by atoms with Crippen molar-refractivity contribution in [2.45, 2.75) is 103 Å². The minimum Gasteiger partial charge on any atom is -0.494 e. The summed E-state index contributed by atoms with van der Waals surface area (Å²) >= 11 is 6.33. The van der Waals surface area contributed by atoms with Crippen molar-refractivity contribution < 1.29 is 38.1 Å². The summed E-state index contributed by atoms with van der Waals surface area (Å²) in [7, 11) is 6.74. The number of nitrogens with zero attached hydrogens (tertiary/aromatic N) is 3. The molecule has 2 aliphatic rings. The monoisotopic (exact) mass is 805 g/mol. The molecular weight excluding hydrogens is 746 g/mol. The van der Waals surface area contributed by atoms with E-state index in [1.165, 1.54) is 7.11 Å². The molecule has 12 heteroatoms. The smallest absolute Gasteiger partial charge is 0.319 e. The molecule has 0 radical (unpaired) electrons. The highest BCUT2D eigenvalue weighted by Gasteiger charge is 2.38. The number of methoxy groups -OCH3 is 3. The SMILES string of the molecule is COC(=O)CN(CCCC(=O)OC(C)(C)C)C1CCC(CN(C)c2ccc(N3C(=O)Cc4cc(OC)c(OC(C)C)cc4[C@@H]3c3ccc(Cl)cc3)c(OC)c2)CC1. The maximum absolute atomic E-state index is 14.2. The van der Waals surface area contributed by atoms with Gasteiger partial charge in [-0.2, -0.15) is 0 Å². The first kappa shape index (κ1) is 43.6. The van der Waals surface area contributed by atoms with Crippen LogP contribution in [0.15, 0.2) is 54.6 Å². The van der Waals surface area contributed by atoms with E-state index in [1.807, 2.05) is 88.0 Å². The molecule has 3 aromatic rings. The van der Waals surface area contributed by atoms with Crippen molar-refractivity contribution in [2.24, 2.45) is 5.92 Å². The number of carbonyl (C=O) groups excluding carboxylic acids is 3. The van der Waals surface area contributed by atoms with E-state index in [1.54, 1.807) is 14.2 Å². The minimum atomic E-state index is -0.523. The van der Waals surface area contributed by atoms with Crippen LogP contribution in [0.2, 0.25) is 5.02 Å². The Morgan fingerprint density at radius 1 is 0.895 bits per heavy atom. The molecule has 1 fully saturated rings. The van der Waals surface area contributed by atoms with Gasteiger partial charge in [-0.05, 0) is 132 Å². The summed E-state index contributed by atoms with van der Waals surface area (Å²) in [6.45, 7) is 11.2. The van der Waals surface area contributed by atoms with E-state index in [-0.39, 0.29) is 43.0 Å². The molecule has 0 N–H and O–H groups in total. The Kier molecular flexibility index (Phi) is 14.8. The fourth-order valence-electron chi connectivity index (χ4n) is 8.04. The third-order valence-electron chi connectivity index (χ3n) is 10.7. The summed E-state index contributed by atoms with van der Waals surface area (Å²) in [5.41, 5.74) is 3.86. The van der Waals surface area contributed by atoms with Gasteiger partial charge < -0.3 is 28.6 Å². The second kappa shape index (κ2) is 19.3. The third kappa shape index (κ3) is 11.3. The number of halogens is 1. The first-order valence-electron chi connectivity index (χ1n) is 20.0. The molecule has 0 aromatic heterocycles. The van der Waals surface area contributed by atoms with E-state index < -0.39 is 11.6 Å². The van der Waals surface area contributed by atoms with Gasteiger partial charge in [-0.3, -0.25) is 24.2 Å². The molecule has 57 heavy (non-hydrogen) atoms. The second-order valence-corrected chi connectivity index (χ2v) is 16.8. The van der Waals surface area contributed by atoms with E-state index in [2.05, 4.69) is 22.9 Å². The van der Waals surface area contributed by atoms with Crippen molar-refractivity contribution in [3.8, 4) is 17.2 Å². The highest BCUT2D eigenvalue weighted by molar-refractivity contribution is 6.30. The minimum absolute atomic E-state index is 0.0655. The fourth-order valence-corrected chi connectivity index (χ4v) is 8.16. The maximum Gasteiger partial charge on any atom is 0.319 e. The Morgan fingerprint density at radius 2 is 1.58 bits per heavy atom. The molecule has 1 saturated carbocycles. The van der Waals surface area contributed by atoms with Gasteiger partial charge in [0.25, 0.3) is 0 Å². The highest BCUT2D eigenvalue weighted by Crippen LogP contribution is 2.46. The van der Waals surface area contributed by atoms with Crippen LogP contribution < -0.4 is 24.0 Å². The van der Waals surface area contributed by atoms with E-state index in [0.29, 0.717) is 53.3 Å². The number of esters is 2. The quantitative estimate of drug-likeness (QED) is 0.131. The number of hydrogen-bond acceptors (Lipinski definition) is 10. The number of fused-ring (bicyclic) bond motifs is 1. The third-order valence-corrected chi connectivity index (χ3v) is 10.9. The van der Waals surface area contributed by atoms with Crippen molar-refractivity contribution in [3.05, 3.63) is 76.3 Å². The number of rotatable bonds is 16. The number of ether oxygens (including phenoxy) is 5. The predicted molar refractivity (Wildman–Crippen MR) is 224 cm³/mol. The topological polar surface area (TPSA) is 107 Å². The predicted octanol–water partition coefficient (Wildman–Crippen LogP) is 8.42. The van der Waals surface area contributed by atoms with Crippen LogP contribution in [-0.2, 0) is 30.3 Å². The van der Waals surface area contributed by atoms with E-state index in [9.17, 15) is 14.4 Å². The Bertz CT molecular complexity index is 1850. The van der Waals surface area contributed by atoms with Gasteiger partial charge in [-0.1, -0.05) is 23.7 Å². The van der Waals surface area contributed by atoms with Gasteiger partial charge in [0.1, 0.15) is 11.4 Å². The summed E-state index contributed by atoms with van der Waals surface area (Å²) in [6.07, 6.45) is 4.95. The Labute approximate surface area is 343 Å². The van der Waals surface area contributed by atoms with Crippen LogP contribution in [0.3, 0.4) is 0 Å². The zero-order chi connectivity index (χ0) is 41.4. The van der Waals surface area contributed by atoms with Crippen LogP contribution in [0, 0.1) is 5.92 Å². The van der Waals surface area contributed by atoms with Crippen LogP contribution in [0.5, 0.6) is 17.2 Å². The molecule has 1 aliphatic carbocycles. The zero-order valence-electron chi connectivity index (χ0n) is 35.1. The summed E-state index contributed by atoms with van der Waals surface area (Å²) in [6, 6.07) is 17.3. The molecule has 0 unspecified atom stereocenters. The van der Waals surface area contributed by atoms with Crippen molar-refractivity contribution in [1.82, 2.24) is 4.90 Å². The Hall–Kier alpha value is -4.48. The van der Waals surface area contributed by atoms with Crippen molar-refractivity contribution in [2.75, 3.05) is 57.8 Å². The molecule has 1 aliphatic heterocycles. The molecule has 1 heterocycles. The molecule has 3 aromatic carbocycles. The van der Waals surface area contributed by atoms with Crippen LogP contribution in [0.1, 0.15) is 95.9 Å². The summed E-state index contributed by atoms with van der Waals surface area (Å²) in [5.74, 6) is 1.69. The molecule has 0 spiro atoms. The zero-order valence-corrected chi connectivity index (χ0v) is 35.8.